The third-order valence-electron chi connectivity index (χ3n) is 7.15. The molecule has 35 heavy (non-hydrogen) atoms. The molecule has 1 saturated heterocycles. The molecule has 2 aromatic rings. The van der Waals surface area contributed by atoms with Crippen molar-refractivity contribution >= 4 is 18.0 Å². The number of ether oxygens (including phenoxy) is 2. The van der Waals surface area contributed by atoms with Gasteiger partial charge in [-0.2, -0.15) is 0 Å². The number of carbonyl (C=O) groups excluding carboxylic acids is 2. The fourth-order valence-electron chi connectivity index (χ4n) is 5.34. The number of alkyl carbamates (subject to hydrolysis) is 1. The van der Waals surface area contributed by atoms with Crippen LogP contribution >= 0.6 is 0 Å². The van der Waals surface area contributed by atoms with Crippen molar-refractivity contribution in [2.75, 3.05) is 26.9 Å². The Kier molecular flexibility index (Phi) is 7.40. The summed E-state index contributed by atoms with van der Waals surface area (Å²) >= 11 is 0. The Bertz CT molecular complexity index is 1060. The molecule has 1 aliphatic heterocycles. The molecule has 1 unspecified atom stereocenters. The van der Waals surface area contributed by atoms with Gasteiger partial charge in [-0.15, -0.1) is 0 Å². The maximum absolute atomic E-state index is 13.0. The molecule has 0 spiro atoms. The lowest BCUT2D eigenvalue weighted by Crippen LogP contribution is -2.57. The molecule has 8 nitrogen and oxygen atoms in total. The summed E-state index contributed by atoms with van der Waals surface area (Å²) < 4.78 is 10.7. The number of rotatable bonds is 9. The average Bonchev–Trinajstić information content (AvgIpc) is 3.43. The van der Waals surface area contributed by atoms with Crippen molar-refractivity contribution < 1.29 is 29.0 Å². The van der Waals surface area contributed by atoms with E-state index in [1.807, 2.05) is 31.2 Å². The van der Waals surface area contributed by atoms with Crippen molar-refractivity contribution in [2.45, 2.75) is 50.1 Å². The number of likely N-dealkylation sites (tertiary alicyclic amines) is 1. The quantitative estimate of drug-likeness (QED) is 0.566. The van der Waals surface area contributed by atoms with E-state index in [0.717, 1.165) is 22.3 Å². The summed E-state index contributed by atoms with van der Waals surface area (Å²) in [6, 6.07) is 15.8. The van der Waals surface area contributed by atoms with Crippen molar-refractivity contribution in [1.29, 1.82) is 0 Å². The van der Waals surface area contributed by atoms with E-state index in [9.17, 15) is 19.5 Å². The number of amides is 2. The van der Waals surface area contributed by atoms with Crippen molar-refractivity contribution in [2.24, 2.45) is 0 Å². The van der Waals surface area contributed by atoms with E-state index in [0.29, 0.717) is 25.8 Å². The van der Waals surface area contributed by atoms with Gasteiger partial charge in [-0.25, -0.2) is 9.59 Å². The second-order valence-electron chi connectivity index (χ2n) is 9.20. The summed E-state index contributed by atoms with van der Waals surface area (Å²) in [7, 11) is 1.43. The summed E-state index contributed by atoms with van der Waals surface area (Å²) in [6.07, 6.45) is 0.860. The number of carboxylic acids is 1. The zero-order valence-electron chi connectivity index (χ0n) is 20.2. The van der Waals surface area contributed by atoms with E-state index in [1.165, 1.54) is 12.0 Å². The molecule has 186 valence electrons. The van der Waals surface area contributed by atoms with Crippen molar-refractivity contribution in [3.63, 3.8) is 0 Å². The molecule has 4 rings (SSSR count). The topological polar surface area (TPSA) is 105 Å². The Morgan fingerprint density at radius 3 is 2.31 bits per heavy atom. The summed E-state index contributed by atoms with van der Waals surface area (Å²) in [5, 5.41) is 12.6. The molecule has 2 aromatic carbocycles. The van der Waals surface area contributed by atoms with Crippen molar-refractivity contribution in [3.05, 3.63) is 59.7 Å². The first-order chi connectivity index (χ1) is 16.9. The van der Waals surface area contributed by atoms with Crippen LogP contribution in [-0.2, 0) is 19.1 Å². The van der Waals surface area contributed by atoms with Gasteiger partial charge in [-0.05, 0) is 41.5 Å². The van der Waals surface area contributed by atoms with Gasteiger partial charge in [0, 0.05) is 32.0 Å². The number of hydrogen-bond acceptors (Lipinski definition) is 5. The highest BCUT2D eigenvalue weighted by molar-refractivity contribution is 5.88. The van der Waals surface area contributed by atoms with Gasteiger partial charge in [-0.3, -0.25) is 4.79 Å². The first kappa shape index (κ1) is 24.7. The Morgan fingerprint density at radius 2 is 1.74 bits per heavy atom. The summed E-state index contributed by atoms with van der Waals surface area (Å²) in [6.45, 7) is 2.35. The van der Waals surface area contributed by atoms with E-state index in [4.69, 9.17) is 9.47 Å². The molecule has 1 aliphatic carbocycles. The van der Waals surface area contributed by atoms with E-state index < -0.39 is 23.6 Å². The molecule has 0 aromatic heterocycles. The first-order valence-electron chi connectivity index (χ1n) is 12.1. The van der Waals surface area contributed by atoms with E-state index in [-0.39, 0.29) is 31.5 Å². The molecule has 0 bridgehead atoms. The first-order valence-corrected chi connectivity index (χ1v) is 12.1. The smallest absolute Gasteiger partial charge is 0.407 e. The maximum Gasteiger partial charge on any atom is 0.407 e. The molecule has 2 N–H and O–H groups in total. The fourth-order valence-corrected chi connectivity index (χ4v) is 5.34. The minimum absolute atomic E-state index is 0.000556. The summed E-state index contributed by atoms with van der Waals surface area (Å²) in [5.74, 6) is -1.43. The molecule has 8 heteroatoms. The molecular weight excluding hydrogens is 448 g/mol. The Labute approximate surface area is 205 Å². The van der Waals surface area contributed by atoms with Crippen LogP contribution in [0.25, 0.3) is 11.1 Å². The van der Waals surface area contributed by atoms with Gasteiger partial charge in [0.15, 0.2) is 5.54 Å². The number of hydrogen-bond donors (Lipinski definition) is 2. The van der Waals surface area contributed by atoms with Crippen molar-refractivity contribution in [3.8, 4) is 11.1 Å². The third-order valence-corrected chi connectivity index (χ3v) is 7.15. The average molecular weight is 481 g/mol. The summed E-state index contributed by atoms with van der Waals surface area (Å²) in [4.78, 5) is 39.1. The minimum atomic E-state index is -1.35. The lowest BCUT2D eigenvalue weighted by Gasteiger charge is -2.35. The second kappa shape index (κ2) is 10.5. The zero-order valence-corrected chi connectivity index (χ0v) is 20.2. The molecule has 0 radical (unpaired) electrons. The van der Waals surface area contributed by atoms with Gasteiger partial charge < -0.3 is 24.8 Å². The van der Waals surface area contributed by atoms with Crippen LogP contribution in [0.2, 0.25) is 0 Å². The number of aliphatic carboxylic acids is 1. The van der Waals surface area contributed by atoms with Gasteiger partial charge in [0.25, 0.3) is 0 Å². The van der Waals surface area contributed by atoms with Crippen LogP contribution in [0.1, 0.15) is 49.7 Å². The maximum atomic E-state index is 13.0. The molecule has 2 aliphatic rings. The Balaban J connectivity index is 1.37. The van der Waals surface area contributed by atoms with Crippen LogP contribution in [0.3, 0.4) is 0 Å². The van der Waals surface area contributed by atoms with E-state index >= 15 is 0 Å². The van der Waals surface area contributed by atoms with Crippen LogP contribution < -0.4 is 5.32 Å². The lowest BCUT2D eigenvalue weighted by molar-refractivity contribution is -0.160. The van der Waals surface area contributed by atoms with Crippen LogP contribution in [0, 0.1) is 0 Å². The number of nitrogens with one attached hydrogen (secondary N) is 1. The number of benzene rings is 2. The number of carboxylic acid groups (broad SMARTS) is 1. The second-order valence-corrected chi connectivity index (χ2v) is 9.20. The van der Waals surface area contributed by atoms with Crippen LogP contribution in [0.5, 0.6) is 0 Å². The Hall–Kier alpha value is -3.39. The van der Waals surface area contributed by atoms with Gasteiger partial charge in [-0.1, -0.05) is 55.5 Å². The number of carbonyl (C=O) groups is 3. The molecule has 2 atom stereocenters. The Morgan fingerprint density at radius 1 is 1.11 bits per heavy atom. The number of nitrogens with zero attached hydrogens (tertiary/aromatic N) is 1. The summed E-state index contributed by atoms with van der Waals surface area (Å²) in [5.41, 5.74) is 3.20. The predicted octanol–water partition coefficient (Wildman–Crippen LogP) is 3.79. The largest absolute Gasteiger partial charge is 0.479 e. The number of methoxy groups -OCH3 is 1. The third kappa shape index (κ3) is 4.75. The van der Waals surface area contributed by atoms with Crippen LogP contribution in [0.4, 0.5) is 4.79 Å². The molecule has 0 saturated carbocycles. The highest BCUT2D eigenvalue weighted by Crippen LogP contribution is 2.44. The highest BCUT2D eigenvalue weighted by Gasteiger charge is 2.50. The van der Waals surface area contributed by atoms with Crippen LogP contribution in [-0.4, -0.2) is 66.4 Å². The lowest BCUT2D eigenvalue weighted by atomic mass is 9.96. The van der Waals surface area contributed by atoms with E-state index in [2.05, 4.69) is 29.6 Å². The van der Waals surface area contributed by atoms with Gasteiger partial charge in [0.1, 0.15) is 6.61 Å². The molecular formula is C27H32N2O6. The molecule has 1 heterocycles. The van der Waals surface area contributed by atoms with Crippen molar-refractivity contribution in [1.82, 2.24) is 10.2 Å². The number of fused-ring (bicyclic) bond motifs is 3. The standard InChI is InChI=1S/C27H32N2O6/c1-3-18(15-24(30)29-14-8-13-27(29,17-34-2)25(31)32)28-26(33)35-16-23-21-11-6-4-9-19(21)20-10-5-7-12-22(20)23/h4-7,9-12,18,23H,3,8,13-17H2,1-2H3,(H,28,33)(H,31,32)/t18-,27?/m0/s1. The van der Waals surface area contributed by atoms with Gasteiger partial charge in [0.05, 0.1) is 6.61 Å². The van der Waals surface area contributed by atoms with Crippen LogP contribution in [0.15, 0.2) is 48.5 Å². The van der Waals surface area contributed by atoms with Gasteiger partial charge >= 0.3 is 12.1 Å². The SMILES string of the molecule is CC[C@@H](CC(=O)N1CCCC1(COC)C(=O)O)NC(=O)OCC1c2ccccc2-c2ccccc21. The zero-order chi connectivity index (χ0) is 25.0. The normalized spacial score (nSPS) is 19.7. The monoisotopic (exact) mass is 480 g/mol. The highest BCUT2D eigenvalue weighted by atomic mass is 16.5. The fraction of sp³-hybridized carbons (Fsp3) is 0.444. The van der Waals surface area contributed by atoms with E-state index in [1.54, 1.807) is 0 Å². The molecule has 2 amide bonds. The molecule has 1 fully saturated rings. The van der Waals surface area contributed by atoms with Gasteiger partial charge in [0.2, 0.25) is 5.91 Å². The predicted molar refractivity (Wildman–Crippen MR) is 130 cm³/mol. The minimum Gasteiger partial charge on any atom is -0.479 e.